The molecule has 2 aliphatic rings. The van der Waals surface area contributed by atoms with Crippen molar-refractivity contribution in [2.45, 2.75) is 57.6 Å². The van der Waals surface area contributed by atoms with Gasteiger partial charge in [0.25, 0.3) is 5.56 Å². The van der Waals surface area contributed by atoms with Gasteiger partial charge < -0.3 is 9.72 Å². The van der Waals surface area contributed by atoms with Gasteiger partial charge in [-0.1, -0.05) is 0 Å². The molecule has 118 valence electrons. The van der Waals surface area contributed by atoms with Crippen molar-refractivity contribution in [3.63, 3.8) is 0 Å². The minimum absolute atomic E-state index is 0.0118. The van der Waals surface area contributed by atoms with E-state index in [2.05, 4.69) is 4.98 Å². The zero-order valence-corrected chi connectivity index (χ0v) is 14.3. The number of rotatable bonds is 2. The Labute approximate surface area is 138 Å². The highest BCUT2D eigenvalue weighted by Gasteiger charge is 2.27. The molecule has 0 saturated carbocycles. The second-order valence-corrected chi connectivity index (χ2v) is 7.80. The third-order valence-electron chi connectivity index (χ3n) is 4.95. The van der Waals surface area contributed by atoms with Crippen LogP contribution in [-0.4, -0.2) is 22.3 Å². The molecule has 1 N–H and O–H groups in total. The summed E-state index contributed by atoms with van der Waals surface area (Å²) < 4.78 is 8.04. The van der Waals surface area contributed by atoms with Crippen LogP contribution in [0.25, 0.3) is 10.2 Å². The zero-order chi connectivity index (χ0) is 15.3. The van der Waals surface area contributed by atoms with E-state index >= 15 is 0 Å². The van der Waals surface area contributed by atoms with Gasteiger partial charge in [-0.25, -0.2) is 0 Å². The average molecular weight is 336 g/mol. The highest BCUT2D eigenvalue weighted by Crippen LogP contribution is 2.34. The predicted molar refractivity (Wildman–Crippen MR) is 91.6 cm³/mol. The SMILES string of the molecule is C[C@@H]([C@H]1CCCO1)n1c(=S)[nH]c2sc3c(c2c1=O)CCCC3. The molecule has 0 aromatic carbocycles. The van der Waals surface area contributed by atoms with Crippen LogP contribution in [0.5, 0.6) is 0 Å². The molecule has 1 saturated heterocycles. The Hall–Kier alpha value is -0.980. The van der Waals surface area contributed by atoms with Gasteiger partial charge in [-0.3, -0.25) is 9.36 Å². The van der Waals surface area contributed by atoms with Crippen molar-refractivity contribution >= 4 is 33.8 Å². The first-order valence-corrected chi connectivity index (χ1v) is 9.30. The summed E-state index contributed by atoms with van der Waals surface area (Å²) in [6.07, 6.45) is 6.67. The molecule has 2 aromatic heterocycles. The molecule has 4 nitrogen and oxygen atoms in total. The molecular formula is C16H20N2O2S2. The van der Waals surface area contributed by atoms with Crippen LogP contribution >= 0.6 is 23.6 Å². The van der Waals surface area contributed by atoms with E-state index in [0.717, 1.165) is 42.5 Å². The molecule has 1 fully saturated rings. The quantitative estimate of drug-likeness (QED) is 0.850. The minimum Gasteiger partial charge on any atom is -0.376 e. The Kier molecular flexibility index (Phi) is 3.71. The summed E-state index contributed by atoms with van der Waals surface area (Å²) in [7, 11) is 0. The van der Waals surface area contributed by atoms with Crippen LogP contribution in [0.4, 0.5) is 0 Å². The molecule has 4 rings (SSSR count). The number of nitrogens with one attached hydrogen (secondary N) is 1. The summed E-state index contributed by atoms with van der Waals surface area (Å²) in [4.78, 5) is 18.7. The van der Waals surface area contributed by atoms with Gasteiger partial charge in [0.2, 0.25) is 0 Å². The van der Waals surface area contributed by atoms with Crippen molar-refractivity contribution in [3.8, 4) is 0 Å². The molecule has 2 atom stereocenters. The monoisotopic (exact) mass is 336 g/mol. The maximum atomic E-state index is 13.1. The van der Waals surface area contributed by atoms with Crippen molar-refractivity contribution in [3.05, 3.63) is 25.6 Å². The summed E-state index contributed by atoms with van der Waals surface area (Å²) in [6, 6.07) is -0.0118. The summed E-state index contributed by atoms with van der Waals surface area (Å²) in [5, 5.41) is 0.873. The summed E-state index contributed by atoms with van der Waals surface area (Å²) in [5.41, 5.74) is 1.33. The fourth-order valence-corrected chi connectivity index (χ4v) is 5.47. The van der Waals surface area contributed by atoms with Gasteiger partial charge in [-0.2, -0.15) is 0 Å². The van der Waals surface area contributed by atoms with Crippen LogP contribution < -0.4 is 5.56 Å². The number of aromatic amines is 1. The van der Waals surface area contributed by atoms with Gasteiger partial charge in [0.05, 0.1) is 17.5 Å². The Balaban J connectivity index is 1.91. The van der Waals surface area contributed by atoms with Crippen LogP contribution in [-0.2, 0) is 17.6 Å². The molecule has 6 heteroatoms. The molecule has 2 aromatic rings. The molecule has 0 amide bonds. The van der Waals surface area contributed by atoms with E-state index in [9.17, 15) is 4.79 Å². The standard InChI is InChI=1S/C16H20N2O2S2/c1-9(11-6-4-8-20-11)18-15(19)13-10-5-2-3-7-12(10)22-14(13)17-16(18)21/h9,11H,2-8H2,1H3,(H,17,21)/t9-,11+/m0/s1. The molecule has 0 radical (unpaired) electrons. The van der Waals surface area contributed by atoms with Crippen LogP contribution in [0.15, 0.2) is 4.79 Å². The Morgan fingerprint density at radius 1 is 1.36 bits per heavy atom. The van der Waals surface area contributed by atoms with Gasteiger partial charge in [0.15, 0.2) is 4.77 Å². The van der Waals surface area contributed by atoms with Crippen LogP contribution in [0.2, 0.25) is 0 Å². The largest absolute Gasteiger partial charge is 0.376 e. The number of hydrogen-bond acceptors (Lipinski definition) is 4. The summed E-state index contributed by atoms with van der Waals surface area (Å²) in [6.45, 7) is 2.84. The van der Waals surface area contributed by atoms with E-state index in [-0.39, 0.29) is 17.7 Å². The van der Waals surface area contributed by atoms with E-state index in [1.54, 1.807) is 15.9 Å². The van der Waals surface area contributed by atoms with Crippen LogP contribution in [0.1, 0.15) is 49.1 Å². The number of thiophene rings is 1. The number of ether oxygens (including phenoxy) is 1. The minimum atomic E-state index is -0.0118. The van der Waals surface area contributed by atoms with Crippen molar-refractivity contribution in [2.75, 3.05) is 6.61 Å². The van der Waals surface area contributed by atoms with Crippen molar-refractivity contribution in [1.29, 1.82) is 0 Å². The molecule has 1 aliphatic heterocycles. The number of aryl methyl sites for hydroxylation is 2. The maximum absolute atomic E-state index is 13.1. The van der Waals surface area contributed by atoms with E-state index in [1.165, 1.54) is 23.3 Å². The first-order chi connectivity index (χ1) is 10.7. The van der Waals surface area contributed by atoms with E-state index in [1.807, 2.05) is 6.92 Å². The predicted octanol–water partition coefficient (Wildman–Crippen LogP) is 3.74. The van der Waals surface area contributed by atoms with E-state index in [4.69, 9.17) is 17.0 Å². The van der Waals surface area contributed by atoms with Gasteiger partial charge in [0.1, 0.15) is 4.83 Å². The molecule has 3 heterocycles. The second kappa shape index (κ2) is 5.58. The fourth-order valence-electron chi connectivity index (χ4n) is 3.77. The topological polar surface area (TPSA) is 47.0 Å². The number of fused-ring (bicyclic) bond motifs is 3. The van der Waals surface area contributed by atoms with Gasteiger partial charge >= 0.3 is 0 Å². The molecule has 22 heavy (non-hydrogen) atoms. The van der Waals surface area contributed by atoms with Crippen molar-refractivity contribution in [1.82, 2.24) is 9.55 Å². The highest BCUT2D eigenvalue weighted by molar-refractivity contribution is 7.71. The molecule has 0 bridgehead atoms. The van der Waals surface area contributed by atoms with E-state index in [0.29, 0.717) is 4.77 Å². The van der Waals surface area contributed by atoms with Crippen LogP contribution in [0.3, 0.4) is 0 Å². The lowest BCUT2D eigenvalue weighted by molar-refractivity contribution is 0.0715. The van der Waals surface area contributed by atoms with Gasteiger partial charge in [-0.05, 0) is 63.2 Å². The number of nitrogens with zero attached hydrogens (tertiary/aromatic N) is 1. The first kappa shape index (κ1) is 14.6. The Morgan fingerprint density at radius 3 is 2.95 bits per heavy atom. The highest BCUT2D eigenvalue weighted by atomic mass is 32.1. The maximum Gasteiger partial charge on any atom is 0.263 e. The molecule has 0 unspecified atom stereocenters. The zero-order valence-electron chi connectivity index (χ0n) is 12.7. The van der Waals surface area contributed by atoms with E-state index < -0.39 is 0 Å². The Bertz CT molecular complexity index is 827. The number of aromatic nitrogens is 2. The van der Waals surface area contributed by atoms with Crippen LogP contribution in [0, 0.1) is 4.77 Å². The lowest BCUT2D eigenvalue weighted by atomic mass is 9.97. The third-order valence-corrected chi connectivity index (χ3v) is 6.46. The summed E-state index contributed by atoms with van der Waals surface area (Å²) >= 11 is 7.19. The van der Waals surface area contributed by atoms with Gasteiger partial charge in [-0.15, -0.1) is 11.3 Å². The second-order valence-electron chi connectivity index (χ2n) is 6.31. The Morgan fingerprint density at radius 2 is 2.18 bits per heavy atom. The van der Waals surface area contributed by atoms with Gasteiger partial charge in [0, 0.05) is 11.5 Å². The summed E-state index contributed by atoms with van der Waals surface area (Å²) in [5.74, 6) is 0. The first-order valence-electron chi connectivity index (χ1n) is 8.07. The average Bonchev–Trinajstić information content (AvgIpc) is 3.14. The fraction of sp³-hybridized carbons (Fsp3) is 0.625. The lowest BCUT2D eigenvalue weighted by Gasteiger charge is -2.21. The van der Waals surface area contributed by atoms with Crippen molar-refractivity contribution in [2.24, 2.45) is 0 Å². The smallest absolute Gasteiger partial charge is 0.263 e. The lowest BCUT2D eigenvalue weighted by Crippen LogP contribution is -2.32. The number of H-pyrrole nitrogens is 1. The molecule has 0 spiro atoms. The third kappa shape index (κ3) is 2.20. The normalized spacial score (nSPS) is 22.9. The molecule has 1 aliphatic carbocycles. The van der Waals surface area contributed by atoms with Crippen molar-refractivity contribution < 1.29 is 4.74 Å². The number of hydrogen-bond donors (Lipinski definition) is 1. The molecular weight excluding hydrogens is 316 g/mol.